The minimum Gasteiger partial charge on any atom is -0.454 e. The lowest BCUT2D eigenvalue weighted by atomic mass is 10.2. The third kappa shape index (κ3) is 4.64. The molecule has 0 fully saturated rings. The normalized spacial score (nSPS) is 11.4. The molecule has 2 aromatic rings. The first-order chi connectivity index (χ1) is 13.2. The number of nitriles is 1. The molecule has 0 spiro atoms. The maximum Gasteiger partial charge on any atom is 0.251 e. The smallest absolute Gasteiger partial charge is 0.251 e. The fourth-order valence-corrected chi connectivity index (χ4v) is 2.38. The zero-order chi connectivity index (χ0) is 19.1. The van der Waals surface area contributed by atoms with Gasteiger partial charge in [0.2, 0.25) is 12.7 Å². The third-order valence-electron chi connectivity index (χ3n) is 3.71. The van der Waals surface area contributed by atoms with Crippen LogP contribution in [-0.2, 0) is 4.79 Å². The van der Waals surface area contributed by atoms with E-state index >= 15 is 0 Å². The molecule has 0 radical (unpaired) electrons. The molecule has 0 saturated carbocycles. The number of carbonyl (C=O) groups excluding carboxylic acids is 2. The second-order valence-corrected chi connectivity index (χ2v) is 5.54. The van der Waals surface area contributed by atoms with E-state index in [4.69, 9.17) is 14.7 Å². The summed E-state index contributed by atoms with van der Waals surface area (Å²) in [7, 11) is 0. The molecule has 138 valence electrons. The Bertz CT molecular complexity index is 894. The largest absolute Gasteiger partial charge is 0.454 e. The molecule has 1 aromatic heterocycles. The zero-order valence-corrected chi connectivity index (χ0v) is 14.3. The van der Waals surface area contributed by atoms with Gasteiger partial charge in [-0.1, -0.05) is 0 Å². The number of hydrogen-bond donors (Lipinski definition) is 3. The predicted molar refractivity (Wildman–Crippen MR) is 95.3 cm³/mol. The minimum absolute atomic E-state index is 0.130. The van der Waals surface area contributed by atoms with Gasteiger partial charge in [-0.25, -0.2) is 4.98 Å². The van der Waals surface area contributed by atoms with Crippen molar-refractivity contribution in [1.82, 2.24) is 15.6 Å². The second-order valence-electron chi connectivity index (χ2n) is 5.54. The zero-order valence-electron chi connectivity index (χ0n) is 14.3. The van der Waals surface area contributed by atoms with Crippen molar-refractivity contribution < 1.29 is 19.1 Å². The van der Waals surface area contributed by atoms with E-state index in [1.807, 2.05) is 6.07 Å². The molecule has 1 aliphatic heterocycles. The topological polar surface area (TPSA) is 125 Å². The summed E-state index contributed by atoms with van der Waals surface area (Å²) in [5.41, 5.74) is 0.813. The third-order valence-corrected chi connectivity index (χ3v) is 3.71. The number of nitrogens with one attached hydrogen (secondary N) is 3. The second kappa shape index (κ2) is 8.53. The molecule has 0 saturated heterocycles. The summed E-state index contributed by atoms with van der Waals surface area (Å²) in [6, 6.07) is 10.2. The predicted octanol–water partition coefficient (Wildman–Crippen LogP) is 0.640. The standard InChI is InChI=1S/C18H17N5O4/c19-9-13-2-1-5-21-17(13)22-7-6-20-16(24)10-23-18(25)12-3-4-14-15(8-12)27-11-26-14/h1-5,8H,6-7,10-11H2,(H,20,24)(H,21,22)(H,23,25). The van der Waals surface area contributed by atoms with Gasteiger partial charge in [0, 0.05) is 24.8 Å². The number of benzene rings is 1. The molecule has 9 heteroatoms. The first-order valence-electron chi connectivity index (χ1n) is 8.21. The fourth-order valence-electron chi connectivity index (χ4n) is 2.38. The molecule has 0 aliphatic carbocycles. The molecule has 1 aromatic carbocycles. The summed E-state index contributed by atoms with van der Waals surface area (Å²) >= 11 is 0. The van der Waals surface area contributed by atoms with Crippen molar-refractivity contribution in [2.45, 2.75) is 0 Å². The van der Waals surface area contributed by atoms with Gasteiger partial charge in [-0.15, -0.1) is 0 Å². The van der Waals surface area contributed by atoms with E-state index in [1.165, 1.54) is 0 Å². The Hall–Kier alpha value is -3.80. The molecule has 3 N–H and O–H groups in total. The number of pyridine rings is 1. The number of aromatic nitrogens is 1. The van der Waals surface area contributed by atoms with Crippen LogP contribution < -0.4 is 25.4 Å². The fraction of sp³-hybridized carbons (Fsp3) is 0.222. The van der Waals surface area contributed by atoms with Crippen molar-refractivity contribution in [3.05, 3.63) is 47.7 Å². The summed E-state index contributed by atoms with van der Waals surface area (Å²) in [4.78, 5) is 28.0. The summed E-state index contributed by atoms with van der Waals surface area (Å²) in [5, 5.41) is 17.2. The van der Waals surface area contributed by atoms with Crippen LogP contribution in [0.3, 0.4) is 0 Å². The van der Waals surface area contributed by atoms with Crippen molar-refractivity contribution in [3.8, 4) is 17.6 Å². The van der Waals surface area contributed by atoms with Crippen molar-refractivity contribution in [1.29, 1.82) is 5.26 Å². The van der Waals surface area contributed by atoms with Crippen molar-refractivity contribution >= 4 is 17.6 Å². The monoisotopic (exact) mass is 367 g/mol. The summed E-state index contributed by atoms with van der Waals surface area (Å²) in [6.07, 6.45) is 1.58. The Kier molecular flexibility index (Phi) is 5.69. The van der Waals surface area contributed by atoms with Gasteiger partial charge in [0.1, 0.15) is 11.9 Å². The van der Waals surface area contributed by atoms with Gasteiger partial charge in [-0.2, -0.15) is 5.26 Å². The van der Waals surface area contributed by atoms with Gasteiger partial charge < -0.3 is 25.4 Å². The highest BCUT2D eigenvalue weighted by molar-refractivity contribution is 5.97. The van der Waals surface area contributed by atoms with Gasteiger partial charge in [0.15, 0.2) is 11.5 Å². The van der Waals surface area contributed by atoms with Crippen LogP contribution in [0.4, 0.5) is 5.82 Å². The SMILES string of the molecule is N#Cc1cccnc1NCCNC(=O)CNC(=O)c1ccc2c(c1)OCO2. The van der Waals surface area contributed by atoms with Crippen molar-refractivity contribution in [2.75, 3.05) is 31.7 Å². The summed E-state index contributed by atoms with van der Waals surface area (Å²) < 4.78 is 10.4. The van der Waals surface area contributed by atoms with E-state index in [1.54, 1.807) is 36.5 Å². The lowest BCUT2D eigenvalue weighted by Crippen LogP contribution is -2.38. The molecule has 2 heterocycles. The van der Waals surface area contributed by atoms with E-state index in [0.717, 1.165) is 0 Å². The first-order valence-corrected chi connectivity index (χ1v) is 8.21. The van der Waals surface area contributed by atoms with Gasteiger partial charge in [0.25, 0.3) is 5.91 Å². The highest BCUT2D eigenvalue weighted by Crippen LogP contribution is 2.32. The Balaban J connectivity index is 1.38. The van der Waals surface area contributed by atoms with E-state index < -0.39 is 0 Å². The number of ether oxygens (including phenoxy) is 2. The van der Waals surface area contributed by atoms with Crippen LogP contribution in [0.2, 0.25) is 0 Å². The summed E-state index contributed by atoms with van der Waals surface area (Å²) in [5.74, 6) is 0.847. The Morgan fingerprint density at radius 3 is 2.85 bits per heavy atom. The van der Waals surface area contributed by atoms with Gasteiger partial charge in [-0.3, -0.25) is 9.59 Å². The molecule has 0 bridgehead atoms. The minimum atomic E-state index is -0.381. The van der Waals surface area contributed by atoms with Crippen LogP contribution in [0.15, 0.2) is 36.5 Å². The number of anilines is 1. The number of rotatable bonds is 7. The molecule has 3 rings (SSSR count). The summed E-state index contributed by atoms with van der Waals surface area (Å²) in [6.45, 7) is 0.694. The van der Waals surface area contributed by atoms with Crippen LogP contribution in [0.1, 0.15) is 15.9 Å². The number of amides is 2. The van der Waals surface area contributed by atoms with E-state index in [-0.39, 0.29) is 25.2 Å². The maximum absolute atomic E-state index is 12.1. The van der Waals surface area contributed by atoms with Gasteiger partial charge in [0.05, 0.1) is 12.1 Å². The average molecular weight is 367 g/mol. The Labute approximate surface area is 155 Å². The molecule has 0 unspecified atom stereocenters. The van der Waals surface area contributed by atoms with E-state index in [0.29, 0.717) is 41.5 Å². The molecule has 1 aliphatic rings. The lowest BCUT2D eigenvalue weighted by molar-refractivity contribution is -0.120. The molecular weight excluding hydrogens is 350 g/mol. The van der Waals surface area contributed by atoms with Gasteiger partial charge in [-0.05, 0) is 30.3 Å². The average Bonchev–Trinajstić information content (AvgIpc) is 3.17. The quantitative estimate of drug-likeness (QED) is 0.613. The molecule has 0 atom stereocenters. The highest BCUT2D eigenvalue weighted by Gasteiger charge is 2.16. The highest BCUT2D eigenvalue weighted by atomic mass is 16.7. The molecule has 2 amide bonds. The Morgan fingerprint density at radius 1 is 1.15 bits per heavy atom. The number of carbonyl (C=O) groups is 2. The number of nitrogens with zero attached hydrogens (tertiary/aromatic N) is 2. The van der Waals surface area contributed by atoms with Crippen LogP contribution in [0, 0.1) is 11.3 Å². The van der Waals surface area contributed by atoms with Crippen molar-refractivity contribution in [3.63, 3.8) is 0 Å². The molecular formula is C18H17N5O4. The van der Waals surface area contributed by atoms with E-state index in [2.05, 4.69) is 20.9 Å². The Morgan fingerprint density at radius 2 is 2.00 bits per heavy atom. The maximum atomic E-state index is 12.1. The number of fused-ring (bicyclic) bond motifs is 1. The molecule has 9 nitrogen and oxygen atoms in total. The van der Waals surface area contributed by atoms with Crippen LogP contribution in [0.5, 0.6) is 11.5 Å². The van der Waals surface area contributed by atoms with Crippen LogP contribution in [0.25, 0.3) is 0 Å². The van der Waals surface area contributed by atoms with Crippen LogP contribution in [-0.4, -0.2) is 43.2 Å². The van der Waals surface area contributed by atoms with Crippen molar-refractivity contribution in [2.24, 2.45) is 0 Å². The van der Waals surface area contributed by atoms with E-state index in [9.17, 15) is 9.59 Å². The number of hydrogen-bond acceptors (Lipinski definition) is 7. The van der Waals surface area contributed by atoms with Gasteiger partial charge >= 0.3 is 0 Å². The molecule has 27 heavy (non-hydrogen) atoms. The first kappa shape index (κ1) is 18.0. The lowest BCUT2D eigenvalue weighted by Gasteiger charge is -2.09. The van der Waals surface area contributed by atoms with Crippen LogP contribution >= 0.6 is 0 Å².